The van der Waals surface area contributed by atoms with Crippen LogP contribution in [0.15, 0.2) is 36.9 Å². The molecule has 27 heavy (non-hydrogen) atoms. The van der Waals surface area contributed by atoms with Crippen molar-refractivity contribution in [3.63, 3.8) is 0 Å². The van der Waals surface area contributed by atoms with Crippen molar-refractivity contribution >= 4 is 5.91 Å². The van der Waals surface area contributed by atoms with Gasteiger partial charge in [-0.05, 0) is 43.5 Å². The maximum Gasteiger partial charge on any atom is 0.236 e. The number of carbonyl (C=O) groups is 1. The topological polar surface area (TPSA) is 54.3 Å². The highest BCUT2D eigenvalue weighted by molar-refractivity contribution is 5.78. The Labute approximate surface area is 163 Å². The van der Waals surface area contributed by atoms with Gasteiger partial charge in [-0.25, -0.2) is 9.67 Å². The number of amides is 1. The first kappa shape index (κ1) is 21.1. The summed E-state index contributed by atoms with van der Waals surface area (Å²) in [4.78, 5) is 20.9. The zero-order valence-corrected chi connectivity index (χ0v) is 17.5. The highest BCUT2D eigenvalue weighted by Crippen LogP contribution is 2.20. The fourth-order valence-corrected chi connectivity index (χ4v) is 3.11. The number of benzene rings is 1. The van der Waals surface area contributed by atoms with E-state index >= 15 is 0 Å². The normalized spacial score (nSPS) is 12.8. The number of hydrogen-bond donors (Lipinski definition) is 0. The number of likely N-dealkylation sites (N-methyl/N-ethyl adjacent to an activating group) is 1. The van der Waals surface area contributed by atoms with Crippen molar-refractivity contribution in [1.29, 1.82) is 0 Å². The monoisotopic (exact) mass is 371 g/mol. The van der Waals surface area contributed by atoms with Crippen molar-refractivity contribution < 1.29 is 4.79 Å². The quantitative estimate of drug-likeness (QED) is 0.678. The average Bonchev–Trinajstić information content (AvgIpc) is 3.14. The second kappa shape index (κ2) is 9.65. The molecule has 2 aromatic rings. The zero-order valence-electron chi connectivity index (χ0n) is 17.5. The third-order valence-electron chi connectivity index (χ3n) is 4.63. The Kier molecular flexibility index (Phi) is 7.54. The van der Waals surface area contributed by atoms with Crippen LogP contribution in [0, 0.1) is 11.8 Å². The Balaban J connectivity index is 2.00. The second-order valence-electron chi connectivity index (χ2n) is 8.11. The minimum atomic E-state index is 0.152. The molecule has 0 saturated heterocycles. The molecule has 0 bridgehead atoms. The van der Waals surface area contributed by atoms with E-state index in [1.807, 2.05) is 24.1 Å². The SMILES string of the molecule is CC(C)CN(CC(C)C)C(=O)CN(C)C(C)c1ccc(-n2cncn2)cc1. The molecule has 0 radical (unpaired) electrons. The molecular formula is C21H33N5O. The summed E-state index contributed by atoms with van der Waals surface area (Å²) in [7, 11) is 2.01. The fourth-order valence-electron chi connectivity index (χ4n) is 3.11. The highest BCUT2D eigenvalue weighted by Gasteiger charge is 2.20. The molecule has 2 rings (SSSR count). The van der Waals surface area contributed by atoms with Crippen LogP contribution in [0.25, 0.3) is 5.69 Å². The Morgan fingerprint density at radius 2 is 1.63 bits per heavy atom. The van der Waals surface area contributed by atoms with Crippen LogP contribution < -0.4 is 0 Å². The molecule has 6 heteroatoms. The molecule has 0 aliphatic carbocycles. The van der Waals surface area contributed by atoms with Gasteiger partial charge in [0.15, 0.2) is 0 Å². The number of aromatic nitrogens is 3. The Hall–Kier alpha value is -2.21. The molecular weight excluding hydrogens is 338 g/mol. The lowest BCUT2D eigenvalue weighted by atomic mass is 10.1. The second-order valence-corrected chi connectivity index (χ2v) is 8.11. The average molecular weight is 372 g/mol. The molecule has 1 aromatic carbocycles. The van der Waals surface area contributed by atoms with Crippen molar-refractivity contribution in [2.45, 2.75) is 40.7 Å². The molecule has 1 unspecified atom stereocenters. The predicted molar refractivity (Wildman–Crippen MR) is 109 cm³/mol. The van der Waals surface area contributed by atoms with Crippen molar-refractivity contribution in [1.82, 2.24) is 24.6 Å². The molecule has 0 N–H and O–H groups in total. The van der Waals surface area contributed by atoms with Gasteiger partial charge in [0.2, 0.25) is 5.91 Å². The summed E-state index contributed by atoms with van der Waals surface area (Å²) < 4.78 is 1.73. The Morgan fingerprint density at radius 1 is 1.04 bits per heavy atom. The van der Waals surface area contributed by atoms with Crippen molar-refractivity contribution in [3.05, 3.63) is 42.5 Å². The zero-order chi connectivity index (χ0) is 20.0. The molecule has 0 saturated carbocycles. The summed E-state index contributed by atoms with van der Waals surface area (Å²) in [6.07, 6.45) is 3.21. The number of rotatable bonds is 9. The van der Waals surface area contributed by atoms with E-state index in [9.17, 15) is 4.79 Å². The van der Waals surface area contributed by atoms with Crippen LogP contribution in [0.4, 0.5) is 0 Å². The van der Waals surface area contributed by atoms with Gasteiger partial charge in [0.1, 0.15) is 12.7 Å². The fraction of sp³-hybridized carbons (Fsp3) is 0.571. The van der Waals surface area contributed by atoms with Gasteiger partial charge in [-0.1, -0.05) is 39.8 Å². The van der Waals surface area contributed by atoms with Gasteiger partial charge in [0.25, 0.3) is 0 Å². The molecule has 0 aliphatic rings. The lowest BCUT2D eigenvalue weighted by Gasteiger charge is -2.31. The largest absolute Gasteiger partial charge is 0.341 e. The van der Waals surface area contributed by atoms with Gasteiger partial charge < -0.3 is 4.90 Å². The van der Waals surface area contributed by atoms with E-state index in [0.29, 0.717) is 18.4 Å². The lowest BCUT2D eigenvalue weighted by molar-refractivity contribution is -0.133. The summed E-state index contributed by atoms with van der Waals surface area (Å²) in [5.74, 6) is 1.14. The maximum absolute atomic E-state index is 12.8. The molecule has 1 aromatic heterocycles. The molecule has 6 nitrogen and oxygen atoms in total. The Bertz CT molecular complexity index is 684. The Morgan fingerprint density at radius 3 is 2.11 bits per heavy atom. The first-order valence-electron chi connectivity index (χ1n) is 9.71. The van der Waals surface area contributed by atoms with E-state index in [4.69, 9.17) is 0 Å². The molecule has 1 heterocycles. The molecule has 148 valence electrons. The van der Waals surface area contributed by atoms with Crippen LogP contribution in [0.1, 0.15) is 46.2 Å². The number of nitrogens with zero attached hydrogens (tertiary/aromatic N) is 5. The van der Waals surface area contributed by atoms with Gasteiger partial charge in [-0.3, -0.25) is 9.69 Å². The minimum absolute atomic E-state index is 0.152. The third-order valence-corrected chi connectivity index (χ3v) is 4.63. The van der Waals surface area contributed by atoms with E-state index in [0.717, 1.165) is 18.8 Å². The highest BCUT2D eigenvalue weighted by atomic mass is 16.2. The molecule has 0 aliphatic heterocycles. The van der Waals surface area contributed by atoms with Crippen molar-refractivity contribution in [3.8, 4) is 5.69 Å². The van der Waals surface area contributed by atoms with Gasteiger partial charge >= 0.3 is 0 Å². The van der Waals surface area contributed by atoms with E-state index in [-0.39, 0.29) is 11.9 Å². The minimum Gasteiger partial charge on any atom is -0.341 e. The van der Waals surface area contributed by atoms with E-state index < -0.39 is 0 Å². The summed E-state index contributed by atoms with van der Waals surface area (Å²) in [6.45, 7) is 12.8. The van der Waals surface area contributed by atoms with Crippen LogP contribution in [-0.4, -0.2) is 57.2 Å². The first-order valence-corrected chi connectivity index (χ1v) is 9.71. The van der Waals surface area contributed by atoms with Crippen molar-refractivity contribution in [2.24, 2.45) is 11.8 Å². The third kappa shape index (κ3) is 6.17. The van der Waals surface area contributed by atoms with Crippen LogP contribution in [0.2, 0.25) is 0 Å². The van der Waals surface area contributed by atoms with Gasteiger partial charge in [0.05, 0.1) is 12.2 Å². The summed E-state index contributed by atoms with van der Waals surface area (Å²) in [6, 6.07) is 8.38. The van der Waals surface area contributed by atoms with Crippen LogP contribution in [0.3, 0.4) is 0 Å². The van der Waals surface area contributed by atoms with Crippen LogP contribution in [-0.2, 0) is 4.79 Å². The molecule has 1 amide bonds. The standard InChI is InChI=1S/C21H33N5O/c1-16(2)11-25(12-17(3)4)21(27)13-24(6)18(5)19-7-9-20(10-8-19)26-15-22-14-23-26/h7-10,14-18H,11-13H2,1-6H3. The smallest absolute Gasteiger partial charge is 0.236 e. The van der Waals surface area contributed by atoms with Gasteiger partial charge in [0, 0.05) is 19.1 Å². The van der Waals surface area contributed by atoms with Gasteiger partial charge in [-0.2, -0.15) is 5.10 Å². The van der Waals surface area contributed by atoms with E-state index in [1.54, 1.807) is 11.0 Å². The molecule has 0 spiro atoms. The lowest BCUT2D eigenvalue weighted by Crippen LogP contribution is -2.43. The van der Waals surface area contributed by atoms with Crippen LogP contribution >= 0.6 is 0 Å². The van der Waals surface area contributed by atoms with Crippen molar-refractivity contribution in [2.75, 3.05) is 26.7 Å². The molecule has 0 fully saturated rings. The summed E-state index contributed by atoms with van der Waals surface area (Å²) in [5, 5.41) is 4.15. The summed E-state index contributed by atoms with van der Waals surface area (Å²) >= 11 is 0. The van der Waals surface area contributed by atoms with E-state index in [1.165, 1.54) is 11.9 Å². The van der Waals surface area contributed by atoms with Gasteiger partial charge in [-0.15, -0.1) is 0 Å². The number of hydrogen-bond acceptors (Lipinski definition) is 4. The maximum atomic E-state index is 12.8. The first-order chi connectivity index (χ1) is 12.8. The molecule has 1 atom stereocenters. The number of carbonyl (C=O) groups excluding carboxylic acids is 1. The summed E-state index contributed by atoms with van der Waals surface area (Å²) in [5.41, 5.74) is 2.15. The van der Waals surface area contributed by atoms with E-state index in [2.05, 4.69) is 61.7 Å². The predicted octanol–water partition coefficient (Wildman–Crippen LogP) is 3.40. The van der Waals surface area contributed by atoms with Crippen LogP contribution in [0.5, 0.6) is 0 Å².